The minimum Gasteiger partial charge on any atom is -0.477 e. The molecule has 7 heteroatoms. The van der Waals surface area contributed by atoms with E-state index >= 15 is 0 Å². The summed E-state index contributed by atoms with van der Waals surface area (Å²) in [5, 5.41) is 1.96. The lowest BCUT2D eigenvalue weighted by Gasteiger charge is -2.01. The van der Waals surface area contributed by atoms with Crippen LogP contribution in [0.1, 0.15) is 16.7 Å². The van der Waals surface area contributed by atoms with Gasteiger partial charge in [-0.25, -0.2) is 9.97 Å². The number of ether oxygens (including phenoxy) is 1. The van der Waals surface area contributed by atoms with Crippen LogP contribution in [0.4, 0.5) is 0 Å². The van der Waals surface area contributed by atoms with Gasteiger partial charge in [0.2, 0.25) is 5.88 Å². The molecule has 0 aromatic carbocycles. The van der Waals surface area contributed by atoms with Gasteiger partial charge in [0.15, 0.2) is 5.01 Å². The van der Waals surface area contributed by atoms with Crippen LogP contribution in [0.15, 0.2) is 17.8 Å². The van der Waals surface area contributed by atoms with Crippen LogP contribution in [0.3, 0.4) is 0 Å². The molecule has 2 N–H and O–H groups in total. The molecule has 2 aromatic rings. The molecule has 0 fully saturated rings. The first-order valence-electron chi connectivity index (χ1n) is 4.91. The highest BCUT2D eigenvalue weighted by atomic mass is 32.1. The van der Waals surface area contributed by atoms with Crippen molar-refractivity contribution < 1.29 is 9.53 Å². The van der Waals surface area contributed by atoms with Crippen LogP contribution in [-0.2, 0) is 0 Å². The number of carbonyl (C=O) groups excluding carboxylic acids is 1. The predicted octanol–water partition coefficient (Wildman–Crippen LogP) is 1.10. The molecule has 2 aromatic heterocycles. The fraction of sp³-hybridized carbons (Fsp3) is 0.200. The Kier molecular flexibility index (Phi) is 3.29. The third-order valence-corrected chi connectivity index (χ3v) is 2.74. The number of carbonyl (C=O) groups is 1. The quantitative estimate of drug-likeness (QED) is 0.877. The average Bonchev–Trinajstić information content (AvgIpc) is 2.79. The second-order valence-corrected chi connectivity index (χ2v) is 3.94. The lowest BCUT2D eigenvalue weighted by Crippen LogP contribution is -2.10. The number of rotatable bonds is 4. The molecule has 0 unspecified atom stereocenters. The van der Waals surface area contributed by atoms with Gasteiger partial charge in [-0.2, -0.15) is 0 Å². The van der Waals surface area contributed by atoms with E-state index in [1.54, 1.807) is 11.6 Å². The Morgan fingerprint density at radius 3 is 2.88 bits per heavy atom. The van der Waals surface area contributed by atoms with Gasteiger partial charge in [0.1, 0.15) is 11.4 Å². The van der Waals surface area contributed by atoms with Crippen LogP contribution in [0.2, 0.25) is 0 Å². The summed E-state index contributed by atoms with van der Waals surface area (Å²) < 4.78 is 5.23. The average molecular weight is 250 g/mol. The lowest BCUT2D eigenvalue weighted by atomic mass is 10.3. The van der Waals surface area contributed by atoms with Gasteiger partial charge in [0.25, 0.3) is 5.91 Å². The molecule has 2 heterocycles. The van der Waals surface area contributed by atoms with Crippen molar-refractivity contribution in [3.63, 3.8) is 0 Å². The molecule has 88 valence electrons. The summed E-state index contributed by atoms with van der Waals surface area (Å²) in [4.78, 5) is 23.2. The Hall–Kier alpha value is -2.02. The molecule has 0 aliphatic carbocycles. The Morgan fingerprint density at radius 2 is 2.24 bits per heavy atom. The van der Waals surface area contributed by atoms with Crippen molar-refractivity contribution in [2.24, 2.45) is 5.73 Å². The second kappa shape index (κ2) is 4.88. The number of hydrogen-bond donors (Lipinski definition) is 1. The fourth-order valence-corrected chi connectivity index (χ4v) is 1.86. The van der Waals surface area contributed by atoms with E-state index in [0.717, 1.165) is 0 Å². The maximum absolute atomic E-state index is 10.9. The first-order chi connectivity index (χ1) is 8.20. The van der Waals surface area contributed by atoms with E-state index in [-0.39, 0.29) is 5.01 Å². The highest BCUT2D eigenvalue weighted by molar-refractivity contribution is 7.12. The van der Waals surface area contributed by atoms with Crippen molar-refractivity contribution in [1.29, 1.82) is 0 Å². The third-order valence-electron chi connectivity index (χ3n) is 1.88. The monoisotopic (exact) mass is 250 g/mol. The summed E-state index contributed by atoms with van der Waals surface area (Å²) in [6.07, 6.45) is 3.08. The van der Waals surface area contributed by atoms with E-state index < -0.39 is 5.91 Å². The molecular weight excluding hydrogens is 240 g/mol. The van der Waals surface area contributed by atoms with Gasteiger partial charge in [-0.05, 0) is 6.92 Å². The van der Waals surface area contributed by atoms with E-state index in [1.165, 1.54) is 17.5 Å². The lowest BCUT2D eigenvalue weighted by molar-refractivity contribution is 0.1000. The van der Waals surface area contributed by atoms with Crippen molar-refractivity contribution in [2.75, 3.05) is 6.61 Å². The minimum absolute atomic E-state index is 0.253. The molecule has 6 nitrogen and oxygen atoms in total. The van der Waals surface area contributed by atoms with Gasteiger partial charge in [0.05, 0.1) is 19.0 Å². The van der Waals surface area contributed by atoms with Crippen LogP contribution in [0, 0.1) is 0 Å². The largest absolute Gasteiger partial charge is 0.477 e. The van der Waals surface area contributed by atoms with Crippen LogP contribution in [0.25, 0.3) is 11.4 Å². The minimum atomic E-state index is -0.546. The highest BCUT2D eigenvalue weighted by Crippen LogP contribution is 2.20. The van der Waals surface area contributed by atoms with Crippen molar-refractivity contribution in [3.05, 3.63) is 22.8 Å². The van der Waals surface area contributed by atoms with Gasteiger partial charge in [0, 0.05) is 5.38 Å². The zero-order chi connectivity index (χ0) is 12.3. The summed E-state index contributed by atoms with van der Waals surface area (Å²) in [7, 11) is 0. The number of thiazole rings is 1. The first-order valence-corrected chi connectivity index (χ1v) is 5.79. The number of nitrogens with zero attached hydrogens (tertiary/aromatic N) is 3. The maximum atomic E-state index is 10.9. The second-order valence-electron chi connectivity index (χ2n) is 3.08. The van der Waals surface area contributed by atoms with E-state index in [9.17, 15) is 4.79 Å². The zero-order valence-electron chi connectivity index (χ0n) is 9.08. The molecule has 0 atom stereocenters. The predicted molar refractivity (Wildman–Crippen MR) is 62.8 cm³/mol. The molecule has 0 saturated heterocycles. The molecule has 1 amide bonds. The van der Waals surface area contributed by atoms with E-state index in [0.29, 0.717) is 23.9 Å². The summed E-state index contributed by atoms with van der Waals surface area (Å²) in [5.41, 5.74) is 6.25. The Bertz CT molecular complexity index is 541. The number of amides is 1. The Morgan fingerprint density at radius 1 is 1.41 bits per heavy atom. The topological polar surface area (TPSA) is 91.0 Å². The van der Waals surface area contributed by atoms with Crippen molar-refractivity contribution in [1.82, 2.24) is 15.0 Å². The molecule has 2 rings (SSSR count). The summed E-state index contributed by atoms with van der Waals surface area (Å²) in [6.45, 7) is 2.38. The molecule has 17 heavy (non-hydrogen) atoms. The molecule has 0 saturated carbocycles. The smallest absolute Gasteiger partial charge is 0.277 e. The first kappa shape index (κ1) is 11.5. The molecule has 0 aliphatic rings. The molecule has 0 spiro atoms. The van der Waals surface area contributed by atoms with E-state index in [2.05, 4.69) is 15.0 Å². The van der Waals surface area contributed by atoms with E-state index in [1.807, 2.05) is 6.92 Å². The van der Waals surface area contributed by atoms with Crippen LogP contribution in [-0.4, -0.2) is 27.5 Å². The van der Waals surface area contributed by atoms with Gasteiger partial charge >= 0.3 is 0 Å². The number of nitrogens with two attached hydrogens (primary N) is 1. The van der Waals surface area contributed by atoms with Crippen molar-refractivity contribution in [3.8, 4) is 17.3 Å². The Balaban J connectivity index is 2.31. The SMILES string of the molecule is CCOc1cncc(-c2csc(C(N)=O)n2)n1. The Labute approximate surface area is 101 Å². The van der Waals surface area contributed by atoms with E-state index in [4.69, 9.17) is 10.5 Å². The molecule has 0 radical (unpaired) electrons. The maximum Gasteiger partial charge on any atom is 0.277 e. The van der Waals surface area contributed by atoms with Crippen molar-refractivity contribution in [2.45, 2.75) is 6.92 Å². The number of aromatic nitrogens is 3. The highest BCUT2D eigenvalue weighted by Gasteiger charge is 2.10. The number of hydrogen-bond acceptors (Lipinski definition) is 6. The summed E-state index contributed by atoms with van der Waals surface area (Å²) in [6, 6.07) is 0. The number of primary amides is 1. The van der Waals surface area contributed by atoms with Gasteiger partial charge in [-0.3, -0.25) is 9.78 Å². The fourth-order valence-electron chi connectivity index (χ4n) is 1.19. The summed E-state index contributed by atoms with van der Waals surface area (Å²) in [5.74, 6) is -0.117. The summed E-state index contributed by atoms with van der Waals surface area (Å²) >= 11 is 1.18. The van der Waals surface area contributed by atoms with Crippen LogP contribution < -0.4 is 10.5 Å². The molecular formula is C10H10N4O2S. The normalized spacial score (nSPS) is 10.2. The van der Waals surface area contributed by atoms with Crippen molar-refractivity contribution >= 4 is 17.2 Å². The van der Waals surface area contributed by atoms with Gasteiger partial charge < -0.3 is 10.5 Å². The molecule has 0 aliphatic heterocycles. The van der Waals surface area contributed by atoms with Gasteiger partial charge in [-0.1, -0.05) is 0 Å². The zero-order valence-corrected chi connectivity index (χ0v) is 9.90. The third kappa shape index (κ3) is 2.56. The van der Waals surface area contributed by atoms with Crippen LogP contribution >= 0.6 is 11.3 Å². The van der Waals surface area contributed by atoms with Crippen LogP contribution in [0.5, 0.6) is 5.88 Å². The van der Waals surface area contributed by atoms with Gasteiger partial charge in [-0.15, -0.1) is 11.3 Å². The molecule has 0 bridgehead atoms. The standard InChI is InChI=1S/C10H10N4O2S/c1-2-16-8-4-12-3-6(13-8)7-5-17-10(14-7)9(11)15/h3-5H,2H2,1H3,(H2,11,15).